The number of carbonyl (C=O) groups excluding carboxylic acids is 1. The Bertz CT molecular complexity index is 697. The van der Waals surface area contributed by atoms with Crippen LogP contribution in [-0.2, 0) is 11.3 Å². The molecular formula is C13H10I2N2O3. The van der Waals surface area contributed by atoms with Gasteiger partial charge in [-0.2, -0.15) is 0 Å². The lowest BCUT2D eigenvalue weighted by atomic mass is 10.1. The van der Waals surface area contributed by atoms with Crippen molar-refractivity contribution in [3.05, 3.63) is 31.2 Å². The van der Waals surface area contributed by atoms with Gasteiger partial charge in [-0.3, -0.25) is 0 Å². The van der Waals surface area contributed by atoms with Crippen LogP contribution in [0.4, 0.5) is 0 Å². The summed E-state index contributed by atoms with van der Waals surface area (Å²) in [5, 5.41) is 0. The zero-order chi connectivity index (χ0) is 14.3. The normalized spacial score (nSPS) is 12.9. The molecule has 0 unspecified atom stereocenters. The van der Waals surface area contributed by atoms with Crippen LogP contribution < -0.4 is 4.74 Å². The van der Waals surface area contributed by atoms with Gasteiger partial charge >= 0.3 is 5.97 Å². The van der Waals surface area contributed by atoms with E-state index in [1.54, 1.807) is 12.1 Å². The minimum absolute atomic E-state index is 0.367. The molecule has 0 fully saturated rings. The topological polar surface area (TPSA) is 53.4 Å². The second-order valence-corrected chi connectivity index (χ2v) is 6.26. The van der Waals surface area contributed by atoms with E-state index >= 15 is 0 Å². The summed E-state index contributed by atoms with van der Waals surface area (Å²) in [4.78, 5) is 16.2. The van der Waals surface area contributed by atoms with Crippen molar-refractivity contribution in [2.45, 2.75) is 6.54 Å². The average molecular weight is 496 g/mol. The predicted molar refractivity (Wildman–Crippen MR) is 89.9 cm³/mol. The lowest BCUT2D eigenvalue weighted by Crippen LogP contribution is -2.07. The lowest BCUT2D eigenvalue weighted by molar-refractivity contribution is 0.0600. The molecule has 3 rings (SSSR count). The second-order valence-electron chi connectivity index (χ2n) is 4.22. The number of hydrogen-bond acceptors (Lipinski definition) is 4. The minimum atomic E-state index is -0.367. The number of halogens is 2. The summed E-state index contributed by atoms with van der Waals surface area (Å²) in [5.41, 5.74) is 1.38. The maximum absolute atomic E-state index is 11.6. The van der Waals surface area contributed by atoms with Gasteiger partial charge in [0.1, 0.15) is 25.6 Å². The second kappa shape index (κ2) is 5.51. The largest absolute Gasteiger partial charge is 0.491 e. The van der Waals surface area contributed by atoms with Gasteiger partial charge in [-0.15, -0.1) is 0 Å². The van der Waals surface area contributed by atoms with Gasteiger partial charge in [0.15, 0.2) is 0 Å². The molecule has 0 aliphatic carbocycles. The molecule has 0 N–H and O–H groups in total. The van der Waals surface area contributed by atoms with Gasteiger partial charge in [-0.25, -0.2) is 9.78 Å². The molecule has 0 saturated carbocycles. The van der Waals surface area contributed by atoms with Crippen LogP contribution in [0.25, 0.3) is 11.4 Å². The standard InChI is InChI=1S/C13H10I2N2O3/c1-19-13(18)7-2-3-8-9(6-7)20-5-4-17-11(15)10(14)16-12(8)17/h2-3,6H,4-5H2,1H3. The van der Waals surface area contributed by atoms with Gasteiger partial charge in [0.05, 0.1) is 24.8 Å². The molecule has 0 bridgehead atoms. The number of rotatable bonds is 1. The molecule has 0 saturated heterocycles. The van der Waals surface area contributed by atoms with Crippen LogP contribution >= 0.6 is 45.2 Å². The van der Waals surface area contributed by atoms with Crippen LogP contribution in [-0.4, -0.2) is 29.2 Å². The smallest absolute Gasteiger partial charge is 0.337 e. The van der Waals surface area contributed by atoms with E-state index in [4.69, 9.17) is 9.47 Å². The highest BCUT2D eigenvalue weighted by Crippen LogP contribution is 2.34. The van der Waals surface area contributed by atoms with Crippen molar-refractivity contribution in [3.63, 3.8) is 0 Å². The van der Waals surface area contributed by atoms with Crippen molar-refractivity contribution < 1.29 is 14.3 Å². The number of ether oxygens (including phenoxy) is 2. The van der Waals surface area contributed by atoms with Crippen LogP contribution in [0.1, 0.15) is 10.4 Å². The first-order chi connectivity index (χ1) is 9.61. The molecule has 104 valence electrons. The van der Waals surface area contributed by atoms with Crippen molar-refractivity contribution in [3.8, 4) is 17.1 Å². The summed E-state index contributed by atoms with van der Waals surface area (Å²) in [6.45, 7) is 1.29. The van der Waals surface area contributed by atoms with Crippen LogP contribution in [0.5, 0.6) is 5.75 Å². The fourth-order valence-electron chi connectivity index (χ4n) is 2.13. The van der Waals surface area contributed by atoms with Gasteiger partial charge in [-0.1, -0.05) is 0 Å². The first kappa shape index (κ1) is 14.1. The molecule has 7 heteroatoms. The van der Waals surface area contributed by atoms with Gasteiger partial charge in [-0.05, 0) is 63.4 Å². The zero-order valence-electron chi connectivity index (χ0n) is 10.5. The average Bonchev–Trinajstić information content (AvgIpc) is 2.64. The molecule has 1 aromatic heterocycles. The highest BCUT2D eigenvalue weighted by Gasteiger charge is 2.22. The molecule has 0 radical (unpaired) electrons. The van der Waals surface area contributed by atoms with E-state index in [-0.39, 0.29) is 5.97 Å². The third kappa shape index (κ3) is 2.30. The molecular weight excluding hydrogens is 486 g/mol. The van der Waals surface area contributed by atoms with Crippen molar-refractivity contribution in [2.24, 2.45) is 0 Å². The fourth-order valence-corrected chi connectivity index (χ4v) is 3.24. The van der Waals surface area contributed by atoms with Crippen LogP contribution in [0, 0.1) is 7.40 Å². The van der Waals surface area contributed by atoms with E-state index in [0.29, 0.717) is 17.9 Å². The summed E-state index contributed by atoms with van der Waals surface area (Å²) in [5.74, 6) is 1.18. The molecule has 0 amide bonds. The van der Waals surface area contributed by atoms with E-state index in [9.17, 15) is 4.79 Å². The highest BCUT2D eigenvalue weighted by atomic mass is 127. The quantitative estimate of drug-likeness (QED) is 0.451. The molecule has 1 aliphatic rings. The van der Waals surface area contributed by atoms with Crippen molar-refractivity contribution in [2.75, 3.05) is 13.7 Å². The number of benzene rings is 1. The molecule has 2 aromatic rings. The fraction of sp³-hybridized carbons (Fsp3) is 0.231. The molecule has 0 atom stereocenters. The lowest BCUT2D eigenvalue weighted by Gasteiger charge is -2.07. The van der Waals surface area contributed by atoms with Gasteiger partial charge < -0.3 is 14.0 Å². The first-order valence-corrected chi connectivity index (χ1v) is 8.04. The van der Waals surface area contributed by atoms with E-state index in [1.807, 2.05) is 6.07 Å². The first-order valence-electron chi connectivity index (χ1n) is 5.89. The number of nitrogens with zero attached hydrogens (tertiary/aromatic N) is 2. The Morgan fingerprint density at radius 1 is 1.45 bits per heavy atom. The van der Waals surface area contributed by atoms with Crippen LogP contribution in [0.2, 0.25) is 0 Å². The number of aromatic nitrogens is 2. The number of esters is 1. The number of carbonyl (C=O) groups is 1. The Morgan fingerprint density at radius 2 is 2.25 bits per heavy atom. The summed E-state index contributed by atoms with van der Waals surface area (Å²) in [6.07, 6.45) is 0. The number of methoxy groups -OCH3 is 1. The zero-order valence-corrected chi connectivity index (χ0v) is 14.8. The Hall–Kier alpha value is -0.840. The Morgan fingerprint density at radius 3 is 3.00 bits per heavy atom. The highest BCUT2D eigenvalue weighted by molar-refractivity contribution is 14.1. The molecule has 1 aliphatic heterocycles. The van der Waals surface area contributed by atoms with Crippen molar-refractivity contribution in [1.29, 1.82) is 0 Å². The Balaban J connectivity index is 2.15. The molecule has 5 nitrogen and oxygen atoms in total. The third-order valence-electron chi connectivity index (χ3n) is 3.08. The van der Waals surface area contributed by atoms with Crippen LogP contribution in [0.3, 0.4) is 0 Å². The summed E-state index contributed by atoms with van der Waals surface area (Å²) < 4.78 is 14.7. The monoisotopic (exact) mass is 496 g/mol. The van der Waals surface area contributed by atoms with Gasteiger partial charge in [0.2, 0.25) is 0 Å². The summed E-state index contributed by atoms with van der Waals surface area (Å²) in [7, 11) is 1.37. The predicted octanol–water partition coefficient (Wildman–Crippen LogP) is 2.94. The maximum atomic E-state index is 11.6. The van der Waals surface area contributed by atoms with Gasteiger partial charge in [0.25, 0.3) is 0 Å². The van der Waals surface area contributed by atoms with E-state index in [1.165, 1.54) is 7.11 Å². The van der Waals surface area contributed by atoms with Crippen LogP contribution in [0.15, 0.2) is 18.2 Å². The minimum Gasteiger partial charge on any atom is -0.491 e. The molecule has 1 aromatic carbocycles. The maximum Gasteiger partial charge on any atom is 0.337 e. The van der Waals surface area contributed by atoms with Crippen molar-refractivity contribution in [1.82, 2.24) is 9.55 Å². The van der Waals surface area contributed by atoms with E-state index in [2.05, 4.69) is 54.7 Å². The van der Waals surface area contributed by atoms with Gasteiger partial charge in [0, 0.05) is 0 Å². The Kier molecular flexibility index (Phi) is 3.89. The van der Waals surface area contributed by atoms with E-state index in [0.717, 1.165) is 25.3 Å². The SMILES string of the molecule is COC(=O)c1ccc2c(c1)OCCn1c-2nc(I)c1I. The number of imidazole rings is 1. The molecule has 2 heterocycles. The number of fused-ring (bicyclic) bond motifs is 3. The summed E-state index contributed by atoms with van der Waals surface area (Å²) in [6, 6.07) is 5.31. The number of hydrogen-bond donors (Lipinski definition) is 0. The van der Waals surface area contributed by atoms with E-state index < -0.39 is 0 Å². The molecule has 0 spiro atoms. The Labute approximate surface area is 142 Å². The third-order valence-corrected chi connectivity index (χ3v) is 5.96. The molecule has 20 heavy (non-hydrogen) atoms. The summed E-state index contributed by atoms with van der Waals surface area (Å²) >= 11 is 4.51. The van der Waals surface area contributed by atoms with Crippen molar-refractivity contribution >= 4 is 51.2 Å².